The van der Waals surface area contributed by atoms with Crippen molar-refractivity contribution in [2.24, 2.45) is 0 Å². The van der Waals surface area contributed by atoms with E-state index in [1.807, 2.05) is 25.1 Å². The molecule has 18 heavy (non-hydrogen) atoms. The Morgan fingerprint density at radius 1 is 1.39 bits per heavy atom. The van der Waals surface area contributed by atoms with Crippen LogP contribution in [0.4, 0.5) is 0 Å². The highest BCUT2D eigenvalue weighted by Gasteiger charge is 2.30. The molecule has 0 unspecified atom stereocenters. The van der Waals surface area contributed by atoms with Crippen molar-refractivity contribution in [1.29, 1.82) is 5.26 Å². The summed E-state index contributed by atoms with van der Waals surface area (Å²) in [6, 6.07) is 7.87. The van der Waals surface area contributed by atoms with Crippen LogP contribution < -0.4 is 5.32 Å². The van der Waals surface area contributed by atoms with Crippen molar-refractivity contribution < 1.29 is 5.11 Å². The molecule has 1 aromatic carbocycles. The summed E-state index contributed by atoms with van der Waals surface area (Å²) in [6.45, 7) is 3.43. The highest BCUT2D eigenvalue weighted by Crippen LogP contribution is 2.28. The molecule has 1 aliphatic carbocycles. The number of benzene rings is 1. The Balaban J connectivity index is 1.89. The number of nitriles is 1. The maximum absolute atomic E-state index is 10.2. The molecule has 0 amide bonds. The summed E-state index contributed by atoms with van der Waals surface area (Å²) >= 11 is 0. The fraction of sp³-hybridized carbons (Fsp3) is 0.533. The van der Waals surface area contributed by atoms with Crippen molar-refractivity contribution in [3.63, 3.8) is 0 Å². The van der Waals surface area contributed by atoms with Crippen LogP contribution in [-0.2, 0) is 6.54 Å². The van der Waals surface area contributed by atoms with Gasteiger partial charge in [0, 0.05) is 13.1 Å². The van der Waals surface area contributed by atoms with E-state index in [1.54, 1.807) is 0 Å². The molecular formula is C15H20N2O. The minimum Gasteiger partial charge on any atom is -0.389 e. The maximum Gasteiger partial charge on any atom is 0.0991 e. The molecule has 0 bridgehead atoms. The van der Waals surface area contributed by atoms with E-state index in [2.05, 4.69) is 11.4 Å². The lowest BCUT2D eigenvalue weighted by molar-refractivity contribution is 0.0474. The first-order chi connectivity index (χ1) is 8.63. The molecule has 0 heterocycles. The smallest absolute Gasteiger partial charge is 0.0991 e. The topological polar surface area (TPSA) is 56.0 Å². The summed E-state index contributed by atoms with van der Waals surface area (Å²) in [6.07, 6.45) is 4.08. The first kappa shape index (κ1) is 13.1. The molecule has 0 aromatic heterocycles. The highest BCUT2D eigenvalue weighted by atomic mass is 16.3. The first-order valence-electron chi connectivity index (χ1n) is 6.56. The van der Waals surface area contributed by atoms with Gasteiger partial charge in [-0.15, -0.1) is 0 Å². The monoisotopic (exact) mass is 244 g/mol. The number of aliphatic hydroxyl groups is 1. The summed E-state index contributed by atoms with van der Waals surface area (Å²) in [7, 11) is 0. The van der Waals surface area contributed by atoms with E-state index in [4.69, 9.17) is 5.26 Å². The number of hydrogen-bond acceptors (Lipinski definition) is 3. The van der Waals surface area contributed by atoms with Crippen LogP contribution in [-0.4, -0.2) is 17.3 Å². The van der Waals surface area contributed by atoms with Gasteiger partial charge in [0.2, 0.25) is 0 Å². The van der Waals surface area contributed by atoms with Gasteiger partial charge >= 0.3 is 0 Å². The molecule has 1 saturated carbocycles. The average Bonchev–Trinajstić information content (AvgIpc) is 2.78. The minimum absolute atomic E-state index is 0.500. The molecule has 2 rings (SSSR count). The molecule has 3 nitrogen and oxygen atoms in total. The summed E-state index contributed by atoms with van der Waals surface area (Å²) in [4.78, 5) is 0. The van der Waals surface area contributed by atoms with E-state index < -0.39 is 5.60 Å². The van der Waals surface area contributed by atoms with E-state index in [0.29, 0.717) is 12.1 Å². The zero-order chi connectivity index (χ0) is 13.0. The number of rotatable bonds is 4. The van der Waals surface area contributed by atoms with Gasteiger partial charge in [0.05, 0.1) is 17.2 Å². The molecule has 1 fully saturated rings. The fourth-order valence-corrected chi connectivity index (χ4v) is 2.60. The quantitative estimate of drug-likeness (QED) is 0.854. The van der Waals surface area contributed by atoms with Crippen LogP contribution in [0.5, 0.6) is 0 Å². The Morgan fingerprint density at radius 2 is 2.11 bits per heavy atom. The molecule has 0 spiro atoms. The second kappa shape index (κ2) is 5.51. The zero-order valence-electron chi connectivity index (χ0n) is 10.9. The lowest BCUT2D eigenvalue weighted by Crippen LogP contribution is -2.37. The zero-order valence-corrected chi connectivity index (χ0v) is 10.9. The van der Waals surface area contributed by atoms with E-state index in [9.17, 15) is 5.11 Å². The predicted octanol–water partition coefficient (Wildman–Crippen LogP) is 2.26. The average molecular weight is 244 g/mol. The number of nitrogens with one attached hydrogen (secondary N) is 1. The molecule has 0 saturated heterocycles. The van der Waals surface area contributed by atoms with Crippen molar-refractivity contribution >= 4 is 0 Å². The normalized spacial score (nSPS) is 17.6. The van der Waals surface area contributed by atoms with Crippen molar-refractivity contribution in [3.05, 3.63) is 34.9 Å². The maximum atomic E-state index is 10.2. The molecule has 96 valence electrons. The van der Waals surface area contributed by atoms with Crippen LogP contribution in [0, 0.1) is 18.3 Å². The Kier molecular flexibility index (Phi) is 4.00. The van der Waals surface area contributed by atoms with Crippen molar-refractivity contribution in [3.8, 4) is 6.07 Å². The largest absolute Gasteiger partial charge is 0.389 e. The molecule has 0 atom stereocenters. The van der Waals surface area contributed by atoms with E-state index >= 15 is 0 Å². The molecule has 0 radical (unpaired) electrons. The van der Waals surface area contributed by atoms with Crippen LogP contribution in [0.25, 0.3) is 0 Å². The molecule has 1 aliphatic rings. The van der Waals surface area contributed by atoms with Gasteiger partial charge in [-0.05, 0) is 43.0 Å². The number of hydrogen-bond donors (Lipinski definition) is 2. The second-order valence-electron chi connectivity index (χ2n) is 5.29. The van der Waals surface area contributed by atoms with Crippen LogP contribution in [0.1, 0.15) is 42.4 Å². The lowest BCUT2D eigenvalue weighted by Gasteiger charge is -2.22. The number of nitrogens with zero attached hydrogens (tertiary/aromatic N) is 1. The van der Waals surface area contributed by atoms with Crippen molar-refractivity contribution in [1.82, 2.24) is 5.32 Å². The van der Waals surface area contributed by atoms with Gasteiger partial charge in [0.15, 0.2) is 0 Å². The van der Waals surface area contributed by atoms with Gasteiger partial charge < -0.3 is 10.4 Å². The van der Waals surface area contributed by atoms with Crippen molar-refractivity contribution in [2.45, 2.75) is 44.8 Å². The van der Waals surface area contributed by atoms with Gasteiger partial charge in [-0.1, -0.05) is 18.9 Å². The van der Waals surface area contributed by atoms with Gasteiger partial charge in [0.1, 0.15) is 0 Å². The predicted molar refractivity (Wildman–Crippen MR) is 71.0 cm³/mol. The van der Waals surface area contributed by atoms with Crippen molar-refractivity contribution in [2.75, 3.05) is 6.54 Å². The van der Waals surface area contributed by atoms with Gasteiger partial charge in [-0.25, -0.2) is 0 Å². The summed E-state index contributed by atoms with van der Waals surface area (Å²) in [5.74, 6) is 0. The molecule has 1 aromatic rings. The van der Waals surface area contributed by atoms with Crippen LogP contribution in [0.15, 0.2) is 18.2 Å². The Bertz CT molecular complexity index is 456. The third-order valence-electron chi connectivity index (χ3n) is 3.78. The van der Waals surface area contributed by atoms with Gasteiger partial charge in [0.25, 0.3) is 0 Å². The van der Waals surface area contributed by atoms with E-state index in [-0.39, 0.29) is 0 Å². The third kappa shape index (κ3) is 3.10. The summed E-state index contributed by atoms with van der Waals surface area (Å²) < 4.78 is 0. The Hall–Kier alpha value is -1.37. The standard InChI is InChI=1S/C15H20N2O/c1-12-8-13(9-16)4-5-14(12)10-17-11-15(18)6-2-3-7-15/h4-5,8,17-18H,2-3,6-7,10-11H2,1H3. The Labute approximate surface area is 108 Å². The van der Waals surface area contributed by atoms with Crippen LogP contribution in [0.2, 0.25) is 0 Å². The Morgan fingerprint density at radius 3 is 2.72 bits per heavy atom. The highest BCUT2D eigenvalue weighted by molar-refractivity contribution is 5.37. The summed E-state index contributed by atoms with van der Waals surface area (Å²) in [5.41, 5.74) is 2.52. The SMILES string of the molecule is Cc1cc(C#N)ccc1CNCC1(O)CCCC1. The number of aryl methyl sites for hydroxylation is 1. The second-order valence-corrected chi connectivity index (χ2v) is 5.29. The fourth-order valence-electron chi connectivity index (χ4n) is 2.60. The van der Waals surface area contributed by atoms with Gasteiger partial charge in [-0.2, -0.15) is 5.26 Å². The molecule has 2 N–H and O–H groups in total. The molecule has 0 aliphatic heterocycles. The first-order valence-corrected chi connectivity index (χ1v) is 6.56. The molecule has 3 heteroatoms. The summed E-state index contributed by atoms with van der Waals surface area (Å²) in [5, 5.41) is 22.4. The molecular weight excluding hydrogens is 224 g/mol. The van der Waals surface area contributed by atoms with E-state index in [0.717, 1.165) is 37.8 Å². The lowest BCUT2D eigenvalue weighted by atomic mass is 10.0. The third-order valence-corrected chi connectivity index (χ3v) is 3.78. The van der Waals surface area contributed by atoms with E-state index in [1.165, 1.54) is 5.56 Å². The van der Waals surface area contributed by atoms with Crippen LogP contribution in [0.3, 0.4) is 0 Å². The van der Waals surface area contributed by atoms with Gasteiger partial charge in [-0.3, -0.25) is 0 Å². The van der Waals surface area contributed by atoms with Crippen LogP contribution >= 0.6 is 0 Å². The minimum atomic E-state index is -0.500.